The highest BCUT2D eigenvalue weighted by Gasteiger charge is 2.31. The van der Waals surface area contributed by atoms with E-state index in [1.54, 1.807) is 34.8 Å². The summed E-state index contributed by atoms with van der Waals surface area (Å²) in [6.45, 7) is 4.18. The summed E-state index contributed by atoms with van der Waals surface area (Å²) in [5.41, 5.74) is 3.03. The minimum atomic E-state index is -3.01. The van der Waals surface area contributed by atoms with E-state index in [4.69, 9.17) is 0 Å². The maximum Gasteiger partial charge on any atom is 0.258 e. The molecule has 1 saturated heterocycles. The van der Waals surface area contributed by atoms with Gasteiger partial charge in [0.1, 0.15) is 5.82 Å². The third-order valence-corrected chi connectivity index (χ3v) is 7.84. The van der Waals surface area contributed by atoms with Gasteiger partial charge in [0, 0.05) is 37.7 Å². The quantitative estimate of drug-likeness (QED) is 0.602. The van der Waals surface area contributed by atoms with Gasteiger partial charge in [-0.1, -0.05) is 12.1 Å². The molecule has 3 heterocycles. The van der Waals surface area contributed by atoms with Crippen molar-refractivity contribution in [3.63, 3.8) is 0 Å². The van der Waals surface area contributed by atoms with Gasteiger partial charge in [0.05, 0.1) is 34.1 Å². The number of fused-ring (bicyclic) bond motifs is 1. The molecule has 10 heteroatoms. The number of amides is 1. The predicted molar refractivity (Wildman–Crippen MR) is 121 cm³/mol. The Kier molecular flexibility index (Phi) is 5.89. The van der Waals surface area contributed by atoms with Crippen LogP contribution in [0.25, 0.3) is 10.9 Å². The molecule has 2 aromatic heterocycles. The van der Waals surface area contributed by atoms with Gasteiger partial charge in [-0.25, -0.2) is 13.4 Å². The number of para-hydroxylation sites is 1. The molecule has 170 valence electrons. The topological polar surface area (TPSA) is 118 Å². The van der Waals surface area contributed by atoms with Crippen molar-refractivity contribution in [3.8, 4) is 0 Å². The van der Waals surface area contributed by atoms with Crippen LogP contribution < -0.4 is 5.56 Å². The smallest absolute Gasteiger partial charge is 0.258 e. The third-order valence-electron chi connectivity index (χ3n) is 6.09. The number of hydrogen-bond acceptors (Lipinski definition) is 6. The Morgan fingerprint density at radius 2 is 2.03 bits per heavy atom. The lowest BCUT2D eigenvalue weighted by Crippen LogP contribution is -2.27. The summed E-state index contributed by atoms with van der Waals surface area (Å²) >= 11 is 0. The molecule has 1 aliphatic rings. The Bertz CT molecular complexity index is 1340. The fourth-order valence-corrected chi connectivity index (χ4v) is 5.94. The van der Waals surface area contributed by atoms with Gasteiger partial charge in [-0.2, -0.15) is 5.10 Å². The average Bonchev–Trinajstić information content (AvgIpc) is 3.25. The first-order chi connectivity index (χ1) is 15.1. The largest absolute Gasteiger partial charge is 0.341 e. The Morgan fingerprint density at radius 1 is 1.28 bits per heavy atom. The number of nitrogens with zero attached hydrogens (tertiary/aromatic N) is 4. The second kappa shape index (κ2) is 8.50. The highest BCUT2D eigenvalue weighted by molar-refractivity contribution is 7.91. The predicted octanol–water partition coefficient (Wildman–Crippen LogP) is 1.69. The number of benzene rings is 1. The summed E-state index contributed by atoms with van der Waals surface area (Å²) in [7, 11) is -1.28. The Morgan fingerprint density at radius 3 is 2.75 bits per heavy atom. The number of aromatic amines is 1. The molecule has 0 bridgehead atoms. The molecule has 0 aliphatic carbocycles. The molecule has 1 aliphatic heterocycles. The molecule has 3 aromatic rings. The molecule has 1 aromatic carbocycles. The maximum atomic E-state index is 12.7. The second-order valence-electron chi connectivity index (χ2n) is 8.43. The van der Waals surface area contributed by atoms with E-state index in [2.05, 4.69) is 15.1 Å². The lowest BCUT2D eigenvalue weighted by atomic mass is 10.1. The first-order valence-electron chi connectivity index (χ1n) is 10.6. The Balaban J connectivity index is 1.43. The van der Waals surface area contributed by atoms with Crippen molar-refractivity contribution in [3.05, 3.63) is 57.4 Å². The number of hydrogen-bond donors (Lipinski definition) is 1. The summed E-state index contributed by atoms with van der Waals surface area (Å²) < 4.78 is 25.5. The van der Waals surface area contributed by atoms with Crippen molar-refractivity contribution in [2.45, 2.75) is 45.7 Å². The molecule has 0 radical (unpaired) electrons. The maximum absolute atomic E-state index is 12.7. The molecular weight excluding hydrogens is 430 g/mol. The number of aromatic nitrogens is 4. The SMILES string of the molecule is Cc1nn(C2CCS(=O)(=O)C2)c(C)c1CN(C)C(=O)CCc1nc2ccccc2c(=O)[nH]1. The van der Waals surface area contributed by atoms with E-state index in [-0.39, 0.29) is 35.4 Å². The van der Waals surface area contributed by atoms with Crippen molar-refractivity contribution in [2.75, 3.05) is 18.6 Å². The molecule has 0 saturated carbocycles. The number of carbonyl (C=O) groups is 1. The zero-order valence-corrected chi connectivity index (χ0v) is 19.3. The highest BCUT2D eigenvalue weighted by Crippen LogP contribution is 2.27. The van der Waals surface area contributed by atoms with Crippen molar-refractivity contribution < 1.29 is 13.2 Å². The molecule has 4 rings (SSSR count). The van der Waals surface area contributed by atoms with Crippen LogP contribution in [0.5, 0.6) is 0 Å². The first-order valence-corrected chi connectivity index (χ1v) is 12.4. The lowest BCUT2D eigenvalue weighted by molar-refractivity contribution is -0.130. The highest BCUT2D eigenvalue weighted by atomic mass is 32.2. The zero-order valence-electron chi connectivity index (χ0n) is 18.5. The molecule has 1 unspecified atom stereocenters. The fourth-order valence-electron chi connectivity index (χ4n) is 4.24. The van der Waals surface area contributed by atoms with Gasteiger partial charge in [0.25, 0.3) is 5.56 Å². The third kappa shape index (κ3) is 4.45. The fraction of sp³-hybridized carbons (Fsp3) is 0.455. The Labute approximate surface area is 186 Å². The summed E-state index contributed by atoms with van der Waals surface area (Å²) in [6.07, 6.45) is 1.11. The van der Waals surface area contributed by atoms with Crippen molar-refractivity contribution in [2.24, 2.45) is 0 Å². The van der Waals surface area contributed by atoms with Crippen molar-refractivity contribution in [1.29, 1.82) is 0 Å². The van der Waals surface area contributed by atoms with Crippen LogP contribution in [0.4, 0.5) is 0 Å². The van der Waals surface area contributed by atoms with Gasteiger partial charge in [-0.05, 0) is 32.4 Å². The summed E-state index contributed by atoms with van der Waals surface area (Å²) in [5, 5.41) is 5.09. The lowest BCUT2D eigenvalue weighted by Gasteiger charge is -2.18. The summed E-state index contributed by atoms with van der Waals surface area (Å²) in [4.78, 5) is 33.8. The van der Waals surface area contributed by atoms with E-state index >= 15 is 0 Å². The van der Waals surface area contributed by atoms with Crippen LogP contribution in [-0.4, -0.2) is 57.5 Å². The van der Waals surface area contributed by atoms with Crippen LogP contribution >= 0.6 is 0 Å². The average molecular weight is 458 g/mol. The van der Waals surface area contributed by atoms with E-state index < -0.39 is 9.84 Å². The first kappa shape index (κ1) is 22.2. The number of rotatable bonds is 6. The molecular formula is C22H27N5O4S. The minimum absolute atomic E-state index is 0.0733. The number of sulfone groups is 1. The van der Waals surface area contributed by atoms with Crippen LogP contribution in [0.15, 0.2) is 29.1 Å². The van der Waals surface area contributed by atoms with Crippen LogP contribution in [0, 0.1) is 13.8 Å². The van der Waals surface area contributed by atoms with E-state index in [1.165, 1.54) is 0 Å². The number of H-pyrrole nitrogens is 1. The van der Waals surface area contributed by atoms with Gasteiger partial charge in [0.15, 0.2) is 9.84 Å². The molecule has 1 amide bonds. The van der Waals surface area contributed by atoms with Crippen molar-refractivity contribution in [1.82, 2.24) is 24.6 Å². The molecule has 9 nitrogen and oxygen atoms in total. The summed E-state index contributed by atoms with van der Waals surface area (Å²) in [5.74, 6) is 0.711. The number of carbonyl (C=O) groups excluding carboxylic acids is 1. The van der Waals surface area contributed by atoms with E-state index in [9.17, 15) is 18.0 Å². The van der Waals surface area contributed by atoms with Gasteiger partial charge in [0.2, 0.25) is 5.91 Å². The molecule has 32 heavy (non-hydrogen) atoms. The molecule has 1 N–H and O–H groups in total. The van der Waals surface area contributed by atoms with E-state index in [1.807, 2.05) is 19.9 Å². The minimum Gasteiger partial charge on any atom is -0.341 e. The van der Waals surface area contributed by atoms with E-state index in [0.29, 0.717) is 36.1 Å². The molecule has 0 spiro atoms. The van der Waals surface area contributed by atoms with Gasteiger partial charge >= 0.3 is 0 Å². The van der Waals surface area contributed by atoms with Crippen LogP contribution in [0.2, 0.25) is 0 Å². The van der Waals surface area contributed by atoms with E-state index in [0.717, 1.165) is 17.0 Å². The summed E-state index contributed by atoms with van der Waals surface area (Å²) in [6, 6.07) is 6.96. The number of aryl methyl sites for hydroxylation is 2. The van der Waals surface area contributed by atoms with Crippen LogP contribution in [0.3, 0.4) is 0 Å². The molecule has 1 fully saturated rings. The van der Waals surface area contributed by atoms with Crippen LogP contribution in [-0.2, 0) is 27.6 Å². The standard InChI is InChI=1S/C22H27N5O4S/c1-14-18(15(2)27(25-14)16-10-11-32(30,31)13-16)12-26(3)21(28)9-8-20-23-19-7-5-4-6-17(19)22(29)24-20/h4-7,16H,8-13H2,1-3H3,(H,23,24,29). The van der Waals surface area contributed by atoms with Gasteiger partial charge in [-0.15, -0.1) is 0 Å². The second-order valence-corrected chi connectivity index (χ2v) is 10.7. The number of nitrogens with one attached hydrogen (secondary N) is 1. The zero-order chi connectivity index (χ0) is 23.0. The Hall–Kier alpha value is -3.01. The molecule has 1 atom stereocenters. The normalized spacial score (nSPS) is 17.7. The van der Waals surface area contributed by atoms with Crippen molar-refractivity contribution >= 4 is 26.6 Å². The monoisotopic (exact) mass is 457 g/mol. The van der Waals surface area contributed by atoms with Crippen LogP contribution in [0.1, 0.15) is 41.7 Å². The van der Waals surface area contributed by atoms with Gasteiger partial charge < -0.3 is 9.88 Å². The van der Waals surface area contributed by atoms with Gasteiger partial charge in [-0.3, -0.25) is 14.3 Å².